The third-order valence-corrected chi connectivity index (χ3v) is 5.16. The molecule has 0 spiro atoms. The molecule has 1 aliphatic heterocycles. The summed E-state index contributed by atoms with van der Waals surface area (Å²) >= 11 is 3.46. The van der Waals surface area contributed by atoms with Gasteiger partial charge >= 0.3 is 0 Å². The van der Waals surface area contributed by atoms with E-state index in [-0.39, 0.29) is 24.2 Å². The molecule has 2 amide bonds. The van der Waals surface area contributed by atoms with Crippen LogP contribution in [0, 0.1) is 19.8 Å². The summed E-state index contributed by atoms with van der Waals surface area (Å²) in [7, 11) is 0. The minimum absolute atomic E-state index is 0.0132. The minimum Gasteiger partial charge on any atom is -0.326 e. The Labute approximate surface area is 150 Å². The lowest BCUT2D eigenvalue weighted by Crippen LogP contribution is -2.28. The van der Waals surface area contributed by atoms with Crippen molar-refractivity contribution in [3.63, 3.8) is 0 Å². The smallest absolute Gasteiger partial charge is 0.229 e. The van der Waals surface area contributed by atoms with Crippen LogP contribution in [-0.2, 0) is 9.59 Å². The number of anilines is 2. The first kappa shape index (κ1) is 16.7. The molecule has 1 atom stereocenters. The van der Waals surface area contributed by atoms with Crippen molar-refractivity contribution < 1.29 is 9.59 Å². The molecule has 0 aromatic heterocycles. The highest BCUT2D eigenvalue weighted by Gasteiger charge is 2.35. The number of carbonyl (C=O) groups excluding carboxylic acids is 2. The molecule has 1 saturated heterocycles. The first-order valence-corrected chi connectivity index (χ1v) is 8.67. The Morgan fingerprint density at radius 2 is 1.88 bits per heavy atom. The molecular formula is C19H19BrN2O2. The summed E-state index contributed by atoms with van der Waals surface area (Å²) in [5.41, 5.74) is 3.80. The second kappa shape index (κ2) is 6.77. The zero-order chi connectivity index (χ0) is 17.3. The van der Waals surface area contributed by atoms with E-state index in [2.05, 4.69) is 21.2 Å². The van der Waals surface area contributed by atoms with Gasteiger partial charge in [-0.3, -0.25) is 9.59 Å². The molecule has 1 fully saturated rings. The van der Waals surface area contributed by atoms with Gasteiger partial charge < -0.3 is 10.2 Å². The number of amides is 2. The standard InChI is InChI=1S/C19H19BrN2O2/c1-12-3-5-15(6-4-12)21-19(24)14-10-18(23)22(11-14)16-7-8-17(20)13(2)9-16/h3-9,14H,10-11H2,1-2H3,(H,21,24). The second-order valence-electron chi connectivity index (χ2n) is 6.19. The van der Waals surface area contributed by atoms with Crippen molar-refractivity contribution in [1.29, 1.82) is 0 Å². The topological polar surface area (TPSA) is 49.4 Å². The third kappa shape index (κ3) is 3.51. The predicted molar refractivity (Wildman–Crippen MR) is 99.1 cm³/mol. The van der Waals surface area contributed by atoms with E-state index in [9.17, 15) is 9.59 Å². The summed E-state index contributed by atoms with van der Waals surface area (Å²) < 4.78 is 1.01. The van der Waals surface area contributed by atoms with E-state index in [1.807, 2.05) is 56.3 Å². The molecule has 24 heavy (non-hydrogen) atoms. The van der Waals surface area contributed by atoms with Crippen molar-refractivity contribution in [2.75, 3.05) is 16.8 Å². The fourth-order valence-corrected chi connectivity index (χ4v) is 3.06. The molecule has 124 valence electrons. The first-order valence-electron chi connectivity index (χ1n) is 7.88. The molecule has 0 radical (unpaired) electrons. The molecule has 1 aliphatic rings. The highest BCUT2D eigenvalue weighted by molar-refractivity contribution is 9.10. The van der Waals surface area contributed by atoms with Crippen molar-refractivity contribution in [2.24, 2.45) is 5.92 Å². The normalized spacial score (nSPS) is 17.2. The number of carbonyl (C=O) groups is 2. The fourth-order valence-electron chi connectivity index (χ4n) is 2.81. The Kier molecular flexibility index (Phi) is 4.71. The van der Waals surface area contributed by atoms with Gasteiger partial charge in [0.25, 0.3) is 0 Å². The summed E-state index contributed by atoms with van der Waals surface area (Å²) in [6.45, 7) is 4.40. The molecule has 1 heterocycles. The zero-order valence-corrected chi connectivity index (χ0v) is 15.3. The van der Waals surface area contributed by atoms with Crippen LogP contribution in [0.15, 0.2) is 46.9 Å². The van der Waals surface area contributed by atoms with Crippen LogP contribution in [-0.4, -0.2) is 18.4 Å². The summed E-state index contributed by atoms with van der Waals surface area (Å²) in [4.78, 5) is 26.5. The van der Waals surface area contributed by atoms with Gasteiger partial charge in [-0.25, -0.2) is 0 Å². The molecule has 4 nitrogen and oxygen atoms in total. The van der Waals surface area contributed by atoms with Gasteiger partial charge in [0.05, 0.1) is 5.92 Å². The van der Waals surface area contributed by atoms with E-state index in [1.54, 1.807) is 4.90 Å². The van der Waals surface area contributed by atoms with E-state index in [1.165, 1.54) is 0 Å². The van der Waals surface area contributed by atoms with Crippen LogP contribution >= 0.6 is 15.9 Å². The Bertz CT molecular complexity index is 786. The minimum atomic E-state index is -0.331. The molecular weight excluding hydrogens is 368 g/mol. The van der Waals surface area contributed by atoms with Gasteiger partial charge in [-0.1, -0.05) is 33.6 Å². The van der Waals surface area contributed by atoms with Gasteiger partial charge in [-0.2, -0.15) is 0 Å². The van der Waals surface area contributed by atoms with E-state index in [0.29, 0.717) is 6.54 Å². The van der Waals surface area contributed by atoms with E-state index in [4.69, 9.17) is 0 Å². The molecule has 1 N–H and O–H groups in total. The molecule has 2 aromatic rings. The third-order valence-electron chi connectivity index (χ3n) is 4.27. The number of aryl methyl sites for hydroxylation is 2. The van der Waals surface area contributed by atoms with Crippen LogP contribution in [0.3, 0.4) is 0 Å². The molecule has 2 aromatic carbocycles. The Morgan fingerprint density at radius 3 is 2.54 bits per heavy atom. The van der Waals surface area contributed by atoms with Crippen LogP contribution in [0.5, 0.6) is 0 Å². The lowest BCUT2D eigenvalue weighted by molar-refractivity contribution is -0.122. The van der Waals surface area contributed by atoms with Gasteiger partial charge in [0, 0.05) is 28.8 Å². The van der Waals surface area contributed by atoms with Crippen molar-refractivity contribution >= 4 is 39.1 Å². The van der Waals surface area contributed by atoms with E-state index in [0.717, 1.165) is 27.0 Å². The van der Waals surface area contributed by atoms with Crippen molar-refractivity contribution in [3.8, 4) is 0 Å². The largest absolute Gasteiger partial charge is 0.326 e. The van der Waals surface area contributed by atoms with Crippen molar-refractivity contribution in [1.82, 2.24) is 0 Å². The molecule has 0 aliphatic carbocycles. The quantitative estimate of drug-likeness (QED) is 0.864. The summed E-state index contributed by atoms with van der Waals surface area (Å²) in [5.74, 6) is -0.452. The summed E-state index contributed by atoms with van der Waals surface area (Å²) in [6.07, 6.45) is 0.243. The molecule has 3 rings (SSSR count). The predicted octanol–water partition coefficient (Wildman–Crippen LogP) is 4.06. The van der Waals surface area contributed by atoms with Crippen molar-refractivity contribution in [3.05, 3.63) is 58.1 Å². The Morgan fingerprint density at radius 1 is 1.17 bits per heavy atom. The van der Waals surface area contributed by atoms with Gasteiger partial charge in [0.2, 0.25) is 11.8 Å². The SMILES string of the molecule is Cc1ccc(NC(=O)C2CC(=O)N(c3ccc(Br)c(C)c3)C2)cc1. The fraction of sp³-hybridized carbons (Fsp3) is 0.263. The number of nitrogens with zero attached hydrogens (tertiary/aromatic N) is 1. The number of nitrogens with one attached hydrogen (secondary N) is 1. The number of halogens is 1. The van der Waals surface area contributed by atoms with Crippen LogP contribution in [0.25, 0.3) is 0 Å². The zero-order valence-electron chi connectivity index (χ0n) is 13.7. The lowest BCUT2D eigenvalue weighted by atomic mass is 10.1. The number of benzene rings is 2. The van der Waals surface area contributed by atoms with Crippen LogP contribution < -0.4 is 10.2 Å². The van der Waals surface area contributed by atoms with Gasteiger partial charge in [0.1, 0.15) is 0 Å². The monoisotopic (exact) mass is 386 g/mol. The molecule has 5 heteroatoms. The van der Waals surface area contributed by atoms with Crippen LogP contribution in [0.1, 0.15) is 17.5 Å². The molecule has 1 unspecified atom stereocenters. The summed E-state index contributed by atoms with van der Waals surface area (Å²) in [5, 5.41) is 2.90. The molecule has 0 saturated carbocycles. The highest BCUT2D eigenvalue weighted by atomic mass is 79.9. The average Bonchev–Trinajstić information content (AvgIpc) is 2.94. The Balaban J connectivity index is 1.70. The maximum atomic E-state index is 12.4. The van der Waals surface area contributed by atoms with Crippen LogP contribution in [0.4, 0.5) is 11.4 Å². The van der Waals surface area contributed by atoms with Gasteiger partial charge in [-0.15, -0.1) is 0 Å². The second-order valence-corrected chi connectivity index (χ2v) is 7.05. The van der Waals surface area contributed by atoms with E-state index >= 15 is 0 Å². The lowest BCUT2D eigenvalue weighted by Gasteiger charge is -2.17. The summed E-state index contributed by atoms with van der Waals surface area (Å²) in [6, 6.07) is 13.4. The van der Waals surface area contributed by atoms with Gasteiger partial charge in [-0.05, 0) is 49.7 Å². The van der Waals surface area contributed by atoms with Crippen LogP contribution in [0.2, 0.25) is 0 Å². The highest BCUT2D eigenvalue weighted by Crippen LogP contribution is 2.29. The van der Waals surface area contributed by atoms with Crippen molar-refractivity contribution in [2.45, 2.75) is 20.3 Å². The first-order chi connectivity index (χ1) is 11.4. The van der Waals surface area contributed by atoms with Gasteiger partial charge in [0.15, 0.2) is 0 Å². The van der Waals surface area contributed by atoms with E-state index < -0.39 is 0 Å². The number of rotatable bonds is 3. The maximum Gasteiger partial charge on any atom is 0.229 e. The average molecular weight is 387 g/mol. The number of hydrogen-bond donors (Lipinski definition) is 1. The number of hydrogen-bond acceptors (Lipinski definition) is 2. The Hall–Kier alpha value is -2.14. The molecule has 0 bridgehead atoms. The maximum absolute atomic E-state index is 12.4.